The summed E-state index contributed by atoms with van der Waals surface area (Å²) in [5.74, 6) is 0.629. The smallest absolute Gasteiger partial charge is 0.251 e. The van der Waals surface area contributed by atoms with Gasteiger partial charge in [0.25, 0.3) is 5.91 Å². The number of hydrogen-bond acceptors (Lipinski definition) is 3. The highest BCUT2D eigenvalue weighted by Gasteiger charge is 2.09. The molecule has 0 spiro atoms. The molecule has 1 unspecified atom stereocenters. The van der Waals surface area contributed by atoms with Crippen molar-refractivity contribution in [2.24, 2.45) is 0 Å². The van der Waals surface area contributed by atoms with Crippen LogP contribution in [0, 0.1) is 0 Å². The highest BCUT2D eigenvalue weighted by atomic mass is 16.5. The Labute approximate surface area is 137 Å². The summed E-state index contributed by atoms with van der Waals surface area (Å²) in [6.07, 6.45) is 1.45. The van der Waals surface area contributed by atoms with Crippen molar-refractivity contribution in [3.63, 3.8) is 0 Å². The van der Waals surface area contributed by atoms with Gasteiger partial charge in [0, 0.05) is 18.2 Å². The zero-order chi connectivity index (χ0) is 16.5. The number of amides is 1. The first kappa shape index (κ1) is 17.0. The van der Waals surface area contributed by atoms with E-state index in [9.17, 15) is 4.79 Å². The Morgan fingerprint density at radius 3 is 2.48 bits per heavy atom. The summed E-state index contributed by atoms with van der Waals surface area (Å²) in [6.45, 7) is 2.59. The Kier molecular flexibility index (Phi) is 6.63. The maximum Gasteiger partial charge on any atom is 0.251 e. The van der Waals surface area contributed by atoms with E-state index in [4.69, 9.17) is 9.84 Å². The van der Waals surface area contributed by atoms with Crippen LogP contribution in [0.3, 0.4) is 0 Å². The normalized spacial score (nSPS) is 11.7. The van der Waals surface area contributed by atoms with Gasteiger partial charge in [0.1, 0.15) is 12.4 Å². The lowest BCUT2D eigenvalue weighted by Gasteiger charge is -2.13. The Balaban J connectivity index is 1.85. The number of carbonyl (C=O) groups excluding carboxylic acids is 1. The summed E-state index contributed by atoms with van der Waals surface area (Å²) in [6, 6.07) is 17.1. The molecule has 0 saturated heterocycles. The van der Waals surface area contributed by atoms with Crippen molar-refractivity contribution in [3.05, 3.63) is 65.7 Å². The number of rotatable bonds is 8. The van der Waals surface area contributed by atoms with Gasteiger partial charge in [0.15, 0.2) is 0 Å². The van der Waals surface area contributed by atoms with Crippen molar-refractivity contribution in [1.82, 2.24) is 5.32 Å². The fraction of sp³-hybridized carbons (Fsp3) is 0.316. The SMILES string of the molecule is CC(CCCO)NC(=O)c1ccc(OCc2ccccc2)cc1. The van der Waals surface area contributed by atoms with Gasteiger partial charge in [-0.05, 0) is 49.6 Å². The van der Waals surface area contributed by atoms with Gasteiger partial charge in [0.05, 0.1) is 0 Å². The van der Waals surface area contributed by atoms with Crippen LogP contribution >= 0.6 is 0 Å². The minimum Gasteiger partial charge on any atom is -0.489 e. The number of benzene rings is 2. The molecular weight excluding hydrogens is 290 g/mol. The molecule has 0 aliphatic heterocycles. The molecule has 2 rings (SSSR count). The van der Waals surface area contributed by atoms with Crippen molar-refractivity contribution in [3.8, 4) is 5.75 Å². The third kappa shape index (κ3) is 5.75. The molecule has 0 radical (unpaired) electrons. The molecule has 4 nitrogen and oxygen atoms in total. The fourth-order valence-electron chi connectivity index (χ4n) is 2.22. The van der Waals surface area contributed by atoms with Crippen LogP contribution < -0.4 is 10.1 Å². The maximum absolute atomic E-state index is 12.1. The van der Waals surface area contributed by atoms with Gasteiger partial charge in [-0.1, -0.05) is 30.3 Å². The van der Waals surface area contributed by atoms with E-state index in [1.807, 2.05) is 37.3 Å². The van der Waals surface area contributed by atoms with Crippen LogP contribution in [0.25, 0.3) is 0 Å². The summed E-state index contributed by atoms with van der Waals surface area (Å²) >= 11 is 0. The van der Waals surface area contributed by atoms with E-state index in [1.165, 1.54) is 0 Å². The molecule has 0 fully saturated rings. The van der Waals surface area contributed by atoms with Crippen LogP contribution in [0.5, 0.6) is 5.75 Å². The number of carbonyl (C=O) groups is 1. The minimum atomic E-state index is -0.106. The lowest BCUT2D eigenvalue weighted by Crippen LogP contribution is -2.32. The molecule has 2 N–H and O–H groups in total. The first-order valence-electron chi connectivity index (χ1n) is 7.87. The van der Waals surface area contributed by atoms with E-state index in [0.717, 1.165) is 17.7 Å². The average molecular weight is 313 g/mol. The lowest BCUT2D eigenvalue weighted by molar-refractivity contribution is 0.0936. The van der Waals surface area contributed by atoms with Gasteiger partial charge < -0.3 is 15.2 Å². The Morgan fingerprint density at radius 1 is 1.13 bits per heavy atom. The first-order chi connectivity index (χ1) is 11.2. The maximum atomic E-state index is 12.1. The molecule has 0 aromatic heterocycles. The third-order valence-corrected chi connectivity index (χ3v) is 3.54. The van der Waals surface area contributed by atoms with E-state index in [1.54, 1.807) is 24.3 Å². The largest absolute Gasteiger partial charge is 0.489 e. The number of aliphatic hydroxyl groups is 1. The van der Waals surface area contributed by atoms with E-state index in [0.29, 0.717) is 18.6 Å². The second kappa shape index (κ2) is 8.96. The van der Waals surface area contributed by atoms with Crippen LogP contribution in [0.1, 0.15) is 35.7 Å². The van der Waals surface area contributed by atoms with Gasteiger partial charge in [-0.15, -0.1) is 0 Å². The molecule has 1 atom stereocenters. The molecule has 0 saturated carbocycles. The molecule has 1 amide bonds. The highest BCUT2D eigenvalue weighted by molar-refractivity contribution is 5.94. The van der Waals surface area contributed by atoms with E-state index in [2.05, 4.69) is 5.32 Å². The zero-order valence-corrected chi connectivity index (χ0v) is 13.4. The summed E-state index contributed by atoms with van der Waals surface area (Å²) in [5, 5.41) is 11.7. The van der Waals surface area contributed by atoms with Crippen LogP contribution in [0.2, 0.25) is 0 Å². The average Bonchev–Trinajstić information content (AvgIpc) is 2.59. The van der Waals surface area contributed by atoms with Crippen molar-refractivity contribution >= 4 is 5.91 Å². The number of hydrogen-bond donors (Lipinski definition) is 2. The molecule has 2 aromatic rings. The van der Waals surface area contributed by atoms with Crippen molar-refractivity contribution in [2.75, 3.05) is 6.61 Å². The number of ether oxygens (including phenoxy) is 1. The van der Waals surface area contributed by atoms with Crippen LogP contribution in [-0.4, -0.2) is 23.7 Å². The summed E-state index contributed by atoms with van der Waals surface area (Å²) in [7, 11) is 0. The molecule has 0 heterocycles. The topological polar surface area (TPSA) is 58.6 Å². The van der Waals surface area contributed by atoms with Crippen LogP contribution in [-0.2, 0) is 6.61 Å². The predicted molar refractivity (Wildman–Crippen MR) is 90.5 cm³/mol. The molecular formula is C19H23NO3. The van der Waals surface area contributed by atoms with E-state index in [-0.39, 0.29) is 18.6 Å². The van der Waals surface area contributed by atoms with Crippen molar-refractivity contribution in [1.29, 1.82) is 0 Å². The summed E-state index contributed by atoms with van der Waals surface area (Å²) < 4.78 is 5.70. The summed E-state index contributed by atoms with van der Waals surface area (Å²) in [5.41, 5.74) is 1.71. The fourth-order valence-corrected chi connectivity index (χ4v) is 2.22. The Bertz CT molecular complexity index is 596. The molecule has 2 aromatic carbocycles. The minimum absolute atomic E-state index is 0.0451. The monoisotopic (exact) mass is 313 g/mol. The second-order valence-corrected chi connectivity index (χ2v) is 5.54. The van der Waals surface area contributed by atoms with Gasteiger partial charge in [-0.2, -0.15) is 0 Å². The number of aliphatic hydroxyl groups excluding tert-OH is 1. The van der Waals surface area contributed by atoms with Gasteiger partial charge >= 0.3 is 0 Å². The Morgan fingerprint density at radius 2 is 1.83 bits per heavy atom. The Hall–Kier alpha value is -2.33. The molecule has 4 heteroatoms. The van der Waals surface area contributed by atoms with E-state index < -0.39 is 0 Å². The van der Waals surface area contributed by atoms with Crippen molar-refractivity contribution < 1.29 is 14.6 Å². The molecule has 0 aliphatic rings. The summed E-state index contributed by atoms with van der Waals surface area (Å²) in [4.78, 5) is 12.1. The van der Waals surface area contributed by atoms with E-state index >= 15 is 0 Å². The molecule has 122 valence electrons. The molecule has 0 bridgehead atoms. The van der Waals surface area contributed by atoms with Gasteiger partial charge in [-0.25, -0.2) is 0 Å². The first-order valence-corrected chi connectivity index (χ1v) is 7.87. The molecule has 0 aliphatic carbocycles. The predicted octanol–water partition coefficient (Wildman–Crippen LogP) is 3.16. The zero-order valence-electron chi connectivity index (χ0n) is 13.4. The third-order valence-electron chi connectivity index (χ3n) is 3.54. The highest BCUT2D eigenvalue weighted by Crippen LogP contribution is 2.14. The van der Waals surface area contributed by atoms with Gasteiger partial charge in [0.2, 0.25) is 0 Å². The van der Waals surface area contributed by atoms with Crippen molar-refractivity contribution in [2.45, 2.75) is 32.4 Å². The standard InChI is InChI=1S/C19H23NO3/c1-15(6-5-13-21)20-19(22)17-9-11-18(12-10-17)23-14-16-7-3-2-4-8-16/h2-4,7-12,15,21H,5-6,13-14H2,1H3,(H,20,22). The second-order valence-electron chi connectivity index (χ2n) is 5.54. The van der Waals surface area contributed by atoms with Gasteiger partial charge in [-0.3, -0.25) is 4.79 Å². The quantitative estimate of drug-likeness (QED) is 0.787. The lowest BCUT2D eigenvalue weighted by atomic mass is 10.1. The molecule has 23 heavy (non-hydrogen) atoms. The van der Waals surface area contributed by atoms with Crippen LogP contribution in [0.4, 0.5) is 0 Å². The number of nitrogens with one attached hydrogen (secondary N) is 1. The van der Waals surface area contributed by atoms with Crippen LogP contribution in [0.15, 0.2) is 54.6 Å².